The maximum atomic E-state index is 8.35. The van der Waals surface area contributed by atoms with Gasteiger partial charge in [-0.3, -0.25) is 0 Å². The Hall–Kier alpha value is 0.880. The molecule has 0 aliphatic carbocycles. The molecule has 0 heterocycles. The maximum absolute atomic E-state index is 8.35. The molecule has 9 heavy (non-hydrogen) atoms. The largest absolute Gasteiger partial charge is 0.394 e. The minimum Gasteiger partial charge on any atom is -0.394 e. The fraction of sp³-hybridized carbons (Fsp3) is 1.00. The standard InChI is InChI=1S/C5H10Br2O2/c6-3-5(4-7)9-2-1-8/h5,8H,1-4H2. The number of hydrogen-bond acceptors (Lipinski definition) is 2. The van der Waals surface area contributed by atoms with Gasteiger partial charge in [0.15, 0.2) is 0 Å². The van der Waals surface area contributed by atoms with Crippen LogP contribution in [-0.2, 0) is 4.74 Å². The number of alkyl halides is 2. The molecule has 0 aromatic rings. The number of aliphatic hydroxyl groups excluding tert-OH is 1. The zero-order valence-corrected chi connectivity index (χ0v) is 8.19. The third-order valence-corrected chi connectivity index (χ3v) is 2.23. The molecular weight excluding hydrogens is 252 g/mol. The van der Waals surface area contributed by atoms with Gasteiger partial charge in [-0.1, -0.05) is 31.9 Å². The molecule has 0 spiro atoms. The second-order valence-corrected chi connectivity index (χ2v) is 2.82. The van der Waals surface area contributed by atoms with Crippen molar-refractivity contribution in [1.29, 1.82) is 0 Å². The quantitative estimate of drug-likeness (QED) is 0.753. The minimum atomic E-state index is 0.0937. The molecule has 1 N–H and O–H groups in total. The highest BCUT2D eigenvalue weighted by atomic mass is 79.9. The molecule has 0 bridgehead atoms. The Labute approximate surface area is 71.8 Å². The highest BCUT2D eigenvalue weighted by Crippen LogP contribution is 2.00. The van der Waals surface area contributed by atoms with E-state index in [9.17, 15) is 0 Å². The third kappa shape index (κ3) is 5.33. The van der Waals surface area contributed by atoms with Gasteiger partial charge in [-0.25, -0.2) is 0 Å². The zero-order chi connectivity index (χ0) is 7.11. The fourth-order valence-electron chi connectivity index (χ4n) is 0.350. The van der Waals surface area contributed by atoms with Crippen molar-refractivity contribution in [3.8, 4) is 0 Å². The van der Waals surface area contributed by atoms with Crippen LogP contribution < -0.4 is 0 Å². The Balaban J connectivity index is 3.09. The topological polar surface area (TPSA) is 29.5 Å². The molecule has 0 rings (SSSR count). The Morgan fingerprint density at radius 1 is 1.33 bits per heavy atom. The van der Waals surface area contributed by atoms with E-state index in [4.69, 9.17) is 9.84 Å². The van der Waals surface area contributed by atoms with Gasteiger partial charge in [-0.15, -0.1) is 0 Å². The molecule has 0 unspecified atom stereocenters. The Morgan fingerprint density at radius 2 is 1.89 bits per heavy atom. The second-order valence-electron chi connectivity index (χ2n) is 1.53. The van der Waals surface area contributed by atoms with Crippen molar-refractivity contribution >= 4 is 31.9 Å². The molecule has 0 aromatic carbocycles. The lowest BCUT2D eigenvalue weighted by Gasteiger charge is -2.09. The van der Waals surface area contributed by atoms with Gasteiger partial charge in [0.05, 0.1) is 19.3 Å². The summed E-state index contributed by atoms with van der Waals surface area (Å²) in [6.07, 6.45) is 0.178. The van der Waals surface area contributed by atoms with Gasteiger partial charge in [-0.05, 0) is 0 Å². The Morgan fingerprint density at radius 3 is 2.22 bits per heavy atom. The first-order valence-corrected chi connectivity index (χ1v) is 4.93. The summed E-state index contributed by atoms with van der Waals surface area (Å²) >= 11 is 6.54. The number of aliphatic hydroxyl groups is 1. The molecule has 0 amide bonds. The van der Waals surface area contributed by atoms with Gasteiger partial charge < -0.3 is 9.84 Å². The monoisotopic (exact) mass is 260 g/mol. The summed E-state index contributed by atoms with van der Waals surface area (Å²) in [6.45, 7) is 0.512. The van der Waals surface area contributed by atoms with Crippen LogP contribution in [0.15, 0.2) is 0 Å². The van der Waals surface area contributed by atoms with Crippen LogP contribution in [0.25, 0.3) is 0 Å². The second kappa shape index (κ2) is 6.99. The predicted octanol–water partition coefficient (Wildman–Crippen LogP) is 1.15. The lowest BCUT2D eigenvalue weighted by atomic mass is 10.5. The van der Waals surface area contributed by atoms with Gasteiger partial charge >= 0.3 is 0 Å². The number of ether oxygens (including phenoxy) is 1. The minimum absolute atomic E-state index is 0.0937. The van der Waals surface area contributed by atoms with Crippen molar-refractivity contribution in [1.82, 2.24) is 0 Å². The molecule has 0 aromatic heterocycles. The highest BCUT2D eigenvalue weighted by molar-refractivity contribution is 9.09. The summed E-state index contributed by atoms with van der Waals surface area (Å²) in [4.78, 5) is 0. The number of rotatable bonds is 5. The van der Waals surface area contributed by atoms with Crippen LogP contribution in [0.3, 0.4) is 0 Å². The normalized spacial score (nSPS) is 10.7. The van der Waals surface area contributed by atoms with E-state index in [1.165, 1.54) is 0 Å². The van der Waals surface area contributed by atoms with E-state index in [0.717, 1.165) is 10.7 Å². The van der Waals surface area contributed by atoms with Gasteiger partial charge in [0.1, 0.15) is 0 Å². The summed E-state index contributed by atoms with van der Waals surface area (Å²) in [5.74, 6) is 0. The SMILES string of the molecule is OCCOC(CBr)CBr. The van der Waals surface area contributed by atoms with Crippen molar-refractivity contribution in [3.05, 3.63) is 0 Å². The molecule has 56 valence electrons. The molecule has 0 atom stereocenters. The summed E-state index contributed by atoms with van der Waals surface area (Å²) in [5, 5.41) is 9.96. The molecular formula is C5H10Br2O2. The first-order valence-electron chi connectivity index (χ1n) is 2.69. The summed E-state index contributed by atoms with van der Waals surface area (Å²) in [7, 11) is 0. The van der Waals surface area contributed by atoms with Crippen LogP contribution in [0.2, 0.25) is 0 Å². The van der Waals surface area contributed by atoms with Gasteiger partial charge in [-0.2, -0.15) is 0 Å². The van der Waals surface area contributed by atoms with Crippen LogP contribution in [0.1, 0.15) is 0 Å². The van der Waals surface area contributed by atoms with Crippen LogP contribution in [0, 0.1) is 0 Å². The number of halogens is 2. The fourth-order valence-corrected chi connectivity index (χ4v) is 1.80. The highest BCUT2D eigenvalue weighted by Gasteiger charge is 2.02. The molecule has 0 aliphatic rings. The van der Waals surface area contributed by atoms with Crippen molar-refractivity contribution < 1.29 is 9.84 Å². The van der Waals surface area contributed by atoms with Crippen LogP contribution in [0.4, 0.5) is 0 Å². The summed E-state index contributed by atoms with van der Waals surface area (Å²) in [5.41, 5.74) is 0. The van der Waals surface area contributed by atoms with Crippen LogP contribution >= 0.6 is 31.9 Å². The van der Waals surface area contributed by atoms with Gasteiger partial charge in [0, 0.05) is 10.7 Å². The van der Waals surface area contributed by atoms with Crippen LogP contribution in [-0.4, -0.2) is 35.1 Å². The van der Waals surface area contributed by atoms with Crippen LogP contribution in [0.5, 0.6) is 0 Å². The lowest BCUT2D eigenvalue weighted by Crippen LogP contribution is -2.18. The first kappa shape index (κ1) is 9.88. The van der Waals surface area contributed by atoms with Gasteiger partial charge in [0.2, 0.25) is 0 Å². The van der Waals surface area contributed by atoms with Crippen molar-refractivity contribution in [2.75, 3.05) is 23.9 Å². The van der Waals surface area contributed by atoms with E-state index in [2.05, 4.69) is 31.9 Å². The molecule has 0 aliphatic heterocycles. The summed E-state index contributed by atoms with van der Waals surface area (Å²) in [6, 6.07) is 0. The Kier molecular flexibility index (Phi) is 7.68. The summed E-state index contributed by atoms with van der Waals surface area (Å²) < 4.78 is 5.15. The lowest BCUT2D eigenvalue weighted by molar-refractivity contribution is 0.0556. The molecule has 0 saturated carbocycles. The maximum Gasteiger partial charge on any atom is 0.0769 e. The van der Waals surface area contributed by atoms with Crippen molar-refractivity contribution in [2.24, 2.45) is 0 Å². The average molecular weight is 262 g/mol. The smallest absolute Gasteiger partial charge is 0.0769 e. The average Bonchev–Trinajstić information content (AvgIpc) is 1.91. The molecule has 2 nitrogen and oxygen atoms in total. The zero-order valence-electron chi connectivity index (χ0n) is 5.02. The molecule has 4 heteroatoms. The molecule has 0 saturated heterocycles. The molecule has 0 fully saturated rings. The van der Waals surface area contributed by atoms with E-state index in [-0.39, 0.29) is 12.7 Å². The van der Waals surface area contributed by atoms with Crippen molar-refractivity contribution in [3.63, 3.8) is 0 Å². The van der Waals surface area contributed by atoms with Crippen molar-refractivity contribution in [2.45, 2.75) is 6.10 Å². The number of hydrogen-bond donors (Lipinski definition) is 1. The van der Waals surface area contributed by atoms with E-state index >= 15 is 0 Å². The van der Waals surface area contributed by atoms with E-state index in [1.807, 2.05) is 0 Å². The van der Waals surface area contributed by atoms with E-state index < -0.39 is 0 Å². The molecule has 0 radical (unpaired) electrons. The first-order chi connectivity index (χ1) is 4.35. The third-order valence-electron chi connectivity index (χ3n) is 0.789. The predicted molar refractivity (Wildman–Crippen MR) is 44.4 cm³/mol. The van der Waals surface area contributed by atoms with Gasteiger partial charge in [0.25, 0.3) is 0 Å². The Bertz CT molecular complexity index is 56.9. The van der Waals surface area contributed by atoms with E-state index in [1.54, 1.807) is 0 Å². The van der Waals surface area contributed by atoms with E-state index in [0.29, 0.717) is 6.61 Å².